The fourth-order valence-corrected chi connectivity index (χ4v) is 12.6. The minimum atomic E-state index is -1.34. The van der Waals surface area contributed by atoms with Gasteiger partial charge in [0, 0.05) is 27.7 Å². The number of aliphatic hydroxyl groups is 6. The van der Waals surface area contributed by atoms with Gasteiger partial charge in [-0.1, -0.05) is 15.6 Å². The molecule has 624 valence electrons. The summed E-state index contributed by atoms with van der Waals surface area (Å²) in [5.41, 5.74) is -3.47. The van der Waals surface area contributed by atoms with Crippen LogP contribution in [0.2, 0.25) is 0 Å². The zero-order valence-electron chi connectivity index (χ0n) is 62.5. The molecule has 0 spiro atoms. The predicted molar refractivity (Wildman–Crippen MR) is 365 cm³/mol. The second-order valence-electron chi connectivity index (χ2n) is 27.1. The molecule has 6 bridgehead atoms. The van der Waals surface area contributed by atoms with Gasteiger partial charge < -0.3 is 151 Å². The molecule has 15 atom stereocenters. The van der Waals surface area contributed by atoms with E-state index in [0.29, 0.717) is 136 Å². The molecule has 4 amide bonds. The van der Waals surface area contributed by atoms with Crippen LogP contribution >= 0.6 is 0 Å². The van der Waals surface area contributed by atoms with Crippen LogP contribution in [0.15, 0.2) is 18.6 Å². The SMILES string of the molecule is CC(=O)N[C@H]1[C@H]2OC[C@](COCCOCCOCCOCCn3cc(COCC(COCc4cn(CCOCCOCCOCCOC[C@@]56CO[C@@H](O5)[C@H](NC(C)=O)[C@@H](O)[C@H]6O)nn4)(COCc4cn(CCOCCOCCOCCOC[C@@]56CO[C@@H](O5)[C@H](NC(C)=O)[C@@H](O)[C@H]6O)nn4)NC(C)=O)nn3)(O2)[C@H](O)[C@@H]1O. The van der Waals surface area contributed by atoms with Crippen LogP contribution in [0.1, 0.15) is 44.8 Å². The van der Waals surface area contributed by atoms with E-state index < -0.39 is 96.0 Å². The lowest BCUT2D eigenvalue weighted by Gasteiger charge is -2.42. The van der Waals surface area contributed by atoms with Gasteiger partial charge in [0.1, 0.15) is 94.2 Å². The van der Waals surface area contributed by atoms with Gasteiger partial charge in [0.25, 0.3) is 0 Å². The fraction of sp³-hybridized carbons (Fsp3) is 0.848. The Morgan fingerprint density at radius 3 is 0.873 bits per heavy atom. The number of carbonyl (C=O) groups is 4. The third-order valence-corrected chi connectivity index (χ3v) is 18.1. The fourth-order valence-electron chi connectivity index (χ4n) is 12.6. The highest BCUT2D eigenvalue weighted by Crippen LogP contribution is 2.40. The van der Waals surface area contributed by atoms with Crippen molar-refractivity contribution in [1.82, 2.24) is 66.2 Å². The Morgan fingerprint density at radius 2 is 0.627 bits per heavy atom. The number of rotatable bonds is 58. The molecule has 110 heavy (non-hydrogen) atoms. The van der Waals surface area contributed by atoms with Gasteiger partial charge in [-0.15, -0.1) is 15.3 Å². The van der Waals surface area contributed by atoms with E-state index in [1.54, 1.807) is 32.6 Å². The molecule has 0 radical (unpaired) electrons. The molecular formula is C66H109N13O31. The van der Waals surface area contributed by atoms with Gasteiger partial charge in [-0.3, -0.25) is 19.2 Å². The monoisotopic (exact) mass is 1580 g/mol. The minimum Gasteiger partial charge on any atom is -0.388 e. The van der Waals surface area contributed by atoms with E-state index in [0.717, 1.165) is 0 Å². The largest absolute Gasteiger partial charge is 0.388 e. The summed E-state index contributed by atoms with van der Waals surface area (Å²) in [6, 6.07) is -2.70. The van der Waals surface area contributed by atoms with Crippen molar-refractivity contribution in [2.75, 3.05) is 198 Å². The number of fused-ring (bicyclic) bond motifs is 6. The van der Waals surface area contributed by atoms with Crippen molar-refractivity contribution in [1.29, 1.82) is 0 Å². The van der Waals surface area contributed by atoms with E-state index in [9.17, 15) is 49.8 Å². The third kappa shape index (κ3) is 26.9. The number of ether oxygens (including phenoxy) is 21. The summed E-state index contributed by atoms with van der Waals surface area (Å²) in [5.74, 6) is -1.53. The van der Waals surface area contributed by atoms with Gasteiger partial charge in [-0.25, -0.2) is 14.0 Å². The van der Waals surface area contributed by atoms with Crippen LogP contribution < -0.4 is 21.3 Å². The zero-order chi connectivity index (χ0) is 78.2. The first-order valence-electron chi connectivity index (χ1n) is 36.6. The van der Waals surface area contributed by atoms with Crippen LogP contribution in [0.4, 0.5) is 0 Å². The molecular weight excluding hydrogens is 1470 g/mol. The molecule has 10 N–H and O–H groups in total. The maximum atomic E-state index is 12.9. The van der Waals surface area contributed by atoms with Crippen LogP contribution in [0.25, 0.3) is 0 Å². The smallest absolute Gasteiger partial charge is 0.217 e. The normalized spacial score (nSPS) is 27.6. The van der Waals surface area contributed by atoms with Gasteiger partial charge >= 0.3 is 0 Å². The number of carbonyl (C=O) groups excluding carboxylic acids is 4. The number of hydrogen-bond donors (Lipinski definition) is 10. The second kappa shape index (κ2) is 45.3. The standard InChI is InChI=1S/C66H109N13O31/c1-44(80)67-51-54(84)57(87)64(41-105-60(51)108-64)38-99-26-23-96-20-17-93-14-11-90-8-5-77-29-48(71-74-77)32-102-35-63(70-47(4)83,36-103-33-49-30-78(75-72-49)6-9-91-12-15-94-18-21-97-24-27-100-39-65-42-106-61(109-65)52(68-45(2)81)55(85)58(65)88)37-104-34-50-31-79(76-73-50)7-10-92-13-16-95-19-22-98-25-28-101-40-66-43-107-62(110-66)53(69-46(3)82)56(86)59(66)89/h29-31,51-62,84-89H,5-28,32-43H2,1-4H3,(H,67,80)(H,68,81)(H,69,82)(H,70,83)/t51-,52-,53-,54-,55-,56-,57-,58-,59-,60+,61+,62+,64+,65+,66+/m1/s1. The van der Waals surface area contributed by atoms with Gasteiger partial charge in [-0.2, -0.15) is 0 Å². The molecule has 9 rings (SSSR count). The topological polar surface area (TPSA) is 524 Å². The second-order valence-corrected chi connectivity index (χ2v) is 27.1. The highest BCUT2D eigenvalue weighted by atomic mass is 16.8. The molecule has 0 aliphatic carbocycles. The molecule has 6 aliphatic rings. The summed E-state index contributed by atoms with van der Waals surface area (Å²) < 4.78 is 126. The van der Waals surface area contributed by atoms with Crippen LogP contribution in [0.3, 0.4) is 0 Å². The molecule has 0 aromatic carbocycles. The van der Waals surface area contributed by atoms with Gasteiger partial charge in [0.15, 0.2) is 18.9 Å². The molecule has 3 aromatic rings. The molecule has 9 heterocycles. The number of nitrogens with one attached hydrogen (secondary N) is 4. The molecule has 6 fully saturated rings. The van der Waals surface area contributed by atoms with Crippen molar-refractivity contribution < 1.29 is 149 Å². The average Bonchev–Trinajstić information content (AvgIpc) is 1.59. The number of nitrogens with zero attached hydrogens (tertiary/aromatic N) is 9. The summed E-state index contributed by atoms with van der Waals surface area (Å²) in [5, 5.41) is 100.0. The van der Waals surface area contributed by atoms with E-state index >= 15 is 0 Å². The third-order valence-electron chi connectivity index (χ3n) is 18.1. The first kappa shape index (κ1) is 88.2. The summed E-state index contributed by atoms with van der Waals surface area (Å²) in [6.45, 7) is 12.1. The molecule has 44 nitrogen and oxygen atoms in total. The van der Waals surface area contributed by atoms with Crippen molar-refractivity contribution >= 4 is 23.6 Å². The van der Waals surface area contributed by atoms with Crippen molar-refractivity contribution in [3.8, 4) is 0 Å². The molecule has 6 aliphatic heterocycles. The Balaban J connectivity index is 0.631. The number of amides is 4. The van der Waals surface area contributed by atoms with E-state index in [1.807, 2.05) is 0 Å². The Morgan fingerprint density at radius 1 is 0.382 bits per heavy atom. The summed E-state index contributed by atoms with van der Waals surface area (Å²) in [7, 11) is 0. The lowest BCUT2D eigenvalue weighted by Crippen LogP contribution is -2.66. The van der Waals surface area contributed by atoms with Crippen LogP contribution in [0.5, 0.6) is 0 Å². The Labute approximate surface area is 634 Å². The van der Waals surface area contributed by atoms with Crippen molar-refractivity contribution in [3.63, 3.8) is 0 Å². The molecule has 3 aromatic heterocycles. The summed E-state index contributed by atoms with van der Waals surface area (Å²) in [4.78, 5) is 47.5. The first-order chi connectivity index (χ1) is 53.2. The average molecular weight is 1580 g/mol. The molecule has 0 unspecified atom stereocenters. The number of hydrogen-bond acceptors (Lipinski definition) is 37. The van der Waals surface area contributed by atoms with E-state index in [2.05, 4.69) is 52.2 Å². The molecule has 44 heteroatoms. The summed E-state index contributed by atoms with van der Waals surface area (Å²) in [6.07, 6.45) is -5.43. The highest BCUT2D eigenvalue weighted by Gasteiger charge is 2.62. The Bertz CT molecular complexity index is 2880. The van der Waals surface area contributed by atoms with E-state index in [1.165, 1.54) is 27.7 Å². The van der Waals surface area contributed by atoms with E-state index in [4.69, 9.17) is 99.5 Å². The van der Waals surface area contributed by atoms with Gasteiger partial charge in [0.2, 0.25) is 23.6 Å². The quantitative estimate of drug-likeness (QED) is 0.0235. The first-order valence-corrected chi connectivity index (χ1v) is 36.6. The van der Waals surface area contributed by atoms with Crippen molar-refractivity contribution in [2.24, 2.45) is 0 Å². The van der Waals surface area contributed by atoms with Crippen LogP contribution in [0, 0.1) is 0 Å². The highest BCUT2D eigenvalue weighted by molar-refractivity contribution is 5.74. The predicted octanol–water partition coefficient (Wildman–Crippen LogP) is -7.46. The number of aliphatic hydroxyl groups excluding tert-OH is 6. The van der Waals surface area contributed by atoms with E-state index in [-0.39, 0.29) is 143 Å². The van der Waals surface area contributed by atoms with Crippen LogP contribution in [-0.2, 0) is 158 Å². The molecule has 6 saturated heterocycles. The lowest BCUT2D eigenvalue weighted by molar-refractivity contribution is -0.238. The number of aromatic nitrogens is 9. The van der Waals surface area contributed by atoms with Crippen LogP contribution in [-0.4, -0.2) is 393 Å². The van der Waals surface area contributed by atoms with Crippen molar-refractivity contribution in [3.05, 3.63) is 35.7 Å². The van der Waals surface area contributed by atoms with Gasteiger partial charge in [0.05, 0.1) is 256 Å². The Hall–Kier alpha value is -5.78. The Kier molecular flexibility index (Phi) is 36.3. The van der Waals surface area contributed by atoms with Crippen molar-refractivity contribution in [2.45, 2.75) is 163 Å². The maximum absolute atomic E-state index is 12.9. The minimum absolute atomic E-state index is 0.00784. The zero-order valence-corrected chi connectivity index (χ0v) is 62.5. The summed E-state index contributed by atoms with van der Waals surface area (Å²) >= 11 is 0. The maximum Gasteiger partial charge on any atom is 0.217 e. The molecule has 0 saturated carbocycles. The lowest BCUT2D eigenvalue weighted by atomic mass is 9.88. The van der Waals surface area contributed by atoms with Gasteiger partial charge in [-0.05, 0) is 0 Å².